The number of ether oxygens (including phenoxy) is 1. The summed E-state index contributed by atoms with van der Waals surface area (Å²) >= 11 is 0. The predicted octanol–water partition coefficient (Wildman–Crippen LogP) is -0.307. The second-order valence-corrected chi connectivity index (χ2v) is 4.87. The Morgan fingerprint density at radius 2 is 1.95 bits per heavy atom. The van der Waals surface area contributed by atoms with E-state index >= 15 is 0 Å². The summed E-state index contributed by atoms with van der Waals surface area (Å²) in [5.74, 6) is 0.0397. The number of hydrogen-bond donors (Lipinski definition) is 1. The van der Waals surface area contributed by atoms with Crippen LogP contribution in [0.25, 0.3) is 0 Å². The molecule has 0 saturated carbocycles. The molecule has 19 heavy (non-hydrogen) atoms. The highest BCUT2D eigenvalue weighted by atomic mass is 16.5. The Morgan fingerprint density at radius 3 is 2.58 bits per heavy atom. The molecular weight excluding hydrogens is 246 g/mol. The van der Waals surface area contributed by atoms with Gasteiger partial charge in [-0.05, 0) is 13.5 Å². The van der Waals surface area contributed by atoms with Gasteiger partial charge in [0.1, 0.15) is 0 Å². The molecule has 0 aliphatic carbocycles. The van der Waals surface area contributed by atoms with Gasteiger partial charge in [0.25, 0.3) is 0 Å². The van der Waals surface area contributed by atoms with E-state index in [4.69, 9.17) is 4.74 Å². The van der Waals surface area contributed by atoms with Crippen molar-refractivity contribution < 1.29 is 14.3 Å². The lowest BCUT2D eigenvalue weighted by Gasteiger charge is -2.28. The maximum Gasteiger partial charge on any atom is 0.236 e. The van der Waals surface area contributed by atoms with Crippen LogP contribution >= 0.6 is 0 Å². The van der Waals surface area contributed by atoms with Crippen molar-refractivity contribution in [2.75, 3.05) is 53.0 Å². The summed E-state index contributed by atoms with van der Waals surface area (Å²) in [5.41, 5.74) is 0. The minimum Gasteiger partial charge on any atom is -0.378 e. The Bertz CT molecular complexity index is 291. The van der Waals surface area contributed by atoms with Crippen molar-refractivity contribution in [2.24, 2.45) is 0 Å². The number of nitrogens with zero attached hydrogens (tertiary/aromatic N) is 2. The van der Waals surface area contributed by atoms with E-state index in [9.17, 15) is 9.59 Å². The lowest BCUT2D eigenvalue weighted by Crippen LogP contribution is -2.46. The normalized spacial score (nSPS) is 15.6. The minimum atomic E-state index is -0.0225. The molecule has 1 aliphatic rings. The van der Waals surface area contributed by atoms with Crippen LogP contribution < -0.4 is 5.32 Å². The average molecular weight is 271 g/mol. The lowest BCUT2D eigenvalue weighted by atomic mass is 10.3. The van der Waals surface area contributed by atoms with Gasteiger partial charge in [-0.2, -0.15) is 0 Å². The van der Waals surface area contributed by atoms with Gasteiger partial charge in [0.2, 0.25) is 11.8 Å². The van der Waals surface area contributed by atoms with Gasteiger partial charge in [0.15, 0.2) is 0 Å². The van der Waals surface area contributed by atoms with Crippen LogP contribution in [-0.4, -0.2) is 74.6 Å². The van der Waals surface area contributed by atoms with Crippen LogP contribution in [0, 0.1) is 0 Å². The van der Waals surface area contributed by atoms with E-state index in [0.717, 1.165) is 12.8 Å². The first kappa shape index (κ1) is 15.9. The topological polar surface area (TPSA) is 61.9 Å². The van der Waals surface area contributed by atoms with Crippen LogP contribution in [0.1, 0.15) is 19.8 Å². The van der Waals surface area contributed by atoms with E-state index in [2.05, 4.69) is 12.2 Å². The Hall–Kier alpha value is -1.14. The van der Waals surface area contributed by atoms with E-state index in [1.165, 1.54) is 0 Å². The van der Waals surface area contributed by atoms with Crippen molar-refractivity contribution in [3.63, 3.8) is 0 Å². The Kier molecular flexibility index (Phi) is 7.43. The first-order valence-electron chi connectivity index (χ1n) is 6.94. The smallest absolute Gasteiger partial charge is 0.236 e. The van der Waals surface area contributed by atoms with Crippen molar-refractivity contribution >= 4 is 11.8 Å². The molecule has 0 bridgehead atoms. The molecule has 0 aromatic carbocycles. The van der Waals surface area contributed by atoms with Gasteiger partial charge < -0.3 is 15.0 Å². The number of nitrogens with one attached hydrogen (secondary N) is 1. The third-order valence-electron chi connectivity index (χ3n) is 3.03. The summed E-state index contributed by atoms with van der Waals surface area (Å²) in [6.07, 6.45) is 2.05. The summed E-state index contributed by atoms with van der Waals surface area (Å²) in [7, 11) is 1.79. The summed E-state index contributed by atoms with van der Waals surface area (Å²) in [4.78, 5) is 27.1. The molecule has 6 nitrogen and oxygen atoms in total. The highest BCUT2D eigenvalue weighted by Gasteiger charge is 2.18. The van der Waals surface area contributed by atoms with Gasteiger partial charge in [-0.1, -0.05) is 13.3 Å². The van der Waals surface area contributed by atoms with Crippen molar-refractivity contribution in [2.45, 2.75) is 19.8 Å². The fourth-order valence-corrected chi connectivity index (χ4v) is 1.91. The summed E-state index contributed by atoms with van der Waals surface area (Å²) in [6.45, 7) is 5.84. The molecule has 0 spiro atoms. The van der Waals surface area contributed by atoms with E-state index in [1.807, 2.05) is 0 Å². The molecule has 6 heteroatoms. The van der Waals surface area contributed by atoms with Crippen LogP contribution in [0.4, 0.5) is 0 Å². The minimum absolute atomic E-state index is 0.0225. The predicted molar refractivity (Wildman–Crippen MR) is 72.8 cm³/mol. The monoisotopic (exact) mass is 271 g/mol. The summed E-state index contributed by atoms with van der Waals surface area (Å²) in [5, 5.41) is 2.84. The van der Waals surface area contributed by atoms with Gasteiger partial charge in [-0.15, -0.1) is 0 Å². The third-order valence-corrected chi connectivity index (χ3v) is 3.03. The number of unbranched alkanes of at least 4 members (excludes halogenated alkanes) is 1. The van der Waals surface area contributed by atoms with E-state index < -0.39 is 0 Å². The van der Waals surface area contributed by atoms with Crippen molar-refractivity contribution in [3.05, 3.63) is 0 Å². The molecule has 0 unspecified atom stereocenters. The first-order valence-corrected chi connectivity index (χ1v) is 6.94. The molecule has 0 atom stereocenters. The van der Waals surface area contributed by atoms with Gasteiger partial charge in [0, 0.05) is 19.6 Å². The molecule has 0 aromatic rings. The molecule has 1 heterocycles. The zero-order chi connectivity index (χ0) is 14.1. The summed E-state index contributed by atoms with van der Waals surface area (Å²) < 4.78 is 5.20. The Labute approximate surface area is 115 Å². The van der Waals surface area contributed by atoms with Crippen LogP contribution in [0.15, 0.2) is 0 Å². The van der Waals surface area contributed by atoms with Crippen molar-refractivity contribution in [1.29, 1.82) is 0 Å². The number of rotatable bonds is 7. The number of carbonyl (C=O) groups excluding carboxylic acids is 2. The van der Waals surface area contributed by atoms with Crippen LogP contribution in [0.2, 0.25) is 0 Å². The van der Waals surface area contributed by atoms with E-state index in [-0.39, 0.29) is 24.9 Å². The van der Waals surface area contributed by atoms with Crippen LogP contribution in [0.5, 0.6) is 0 Å². The van der Waals surface area contributed by atoms with Crippen LogP contribution in [0.3, 0.4) is 0 Å². The molecule has 110 valence electrons. The Morgan fingerprint density at radius 1 is 1.26 bits per heavy atom. The highest BCUT2D eigenvalue weighted by Crippen LogP contribution is 1.98. The molecular formula is C13H25N3O3. The number of likely N-dealkylation sites (N-methyl/N-ethyl adjacent to an activating group) is 1. The molecule has 1 N–H and O–H groups in total. The zero-order valence-corrected chi connectivity index (χ0v) is 12.0. The third kappa shape index (κ3) is 6.54. The maximum absolute atomic E-state index is 11.9. The number of morpholine rings is 1. The second kappa shape index (κ2) is 8.87. The van der Waals surface area contributed by atoms with Crippen molar-refractivity contribution in [1.82, 2.24) is 15.1 Å². The van der Waals surface area contributed by atoms with Crippen LogP contribution in [-0.2, 0) is 14.3 Å². The quantitative estimate of drug-likeness (QED) is 0.645. The average Bonchev–Trinajstić information content (AvgIpc) is 2.39. The lowest BCUT2D eigenvalue weighted by molar-refractivity contribution is -0.136. The standard InChI is InChI=1S/C13H25N3O3/c1-3-4-5-14-12(17)10-15(2)11-13(18)16-6-8-19-9-7-16/h3-11H2,1-2H3,(H,14,17). The second-order valence-electron chi connectivity index (χ2n) is 4.87. The number of amides is 2. The van der Waals surface area contributed by atoms with Gasteiger partial charge in [-0.3, -0.25) is 14.5 Å². The largest absolute Gasteiger partial charge is 0.378 e. The molecule has 1 rings (SSSR count). The summed E-state index contributed by atoms with van der Waals surface area (Å²) in [6, 6.07) is 0. The highest BCUT2D eigenvalue weighted by molar-refractivity contribution is 5.81. The molecule has 2 amide bonds. The van der Waals surface area contributed by atoms with Gasteiger partial charge >= 0.3 is 0 Å². The molecule has 0 radical (unpaired) electrons. The fourth-order valence-electron chi connectivity index (χ4n) is 1.91. The SMILES string of the molecule is CCCCNC(=O)CN(C)CC(=O)N1CCOCC1. The van der Waals surface area contributed by atoms with E-state index in [0.29, 0.717) is 32.8 Å². The van der Waals surface area contributed by atoms with Gasteiger partial charge in [0.05, 0.1) is 26.3 Å². The zero-order valence-electron chi connectivity index (χ0n) is 12.0. The fraction of sp³-hybridized carbons (Fsp3) is 0.846. The van der Waals surface area contributed by atoms with E-state index in [1.54, 1.807) is 16.8 Å². The molecule has 1 fully saturated rings. The maximum atomic E-state index is 11.9. The number of hydrogen-bond acceptors (Lipinski definition) is 4. The molecule has 1 saturated heterocycles. The molecule has 0 aromatic heterocycles. The van der Waals surface area contributed by atoms with Gasteiger partial charge in [-0.25, -0.2) is 0 Å². The van der Waals surface area contributed by atoms with Crippen molar-refractivity contribution in [3.8, 4) is 0 Å². The first-order chi connectivity index (χ1) is 9.13. The Balaban J connectivity index is 2.20. The molecule has 1 aliphatic heterocycles. The number of carbonyl (C=O) groups is 2.